The van der Waals surface area contributed by atoms with Gasteiger partial charge in [-0.3, -0.25) is 13.9 Å². The summed E-state index contributed by atoms with van der Waals surface area (Å²) >= 11 is 12.7. The largest absolute Gasteiger partial charge is 0.352 e. The summed E-state index contributed by atoms with van der Waals surface area (Å²) in [7, 11) is -4.21. The van der Waals surface area contributed by atoms with Gasteiger partial charge in [-0.25, -0.2) is 8.42 Å². The average Bonchev–Trinajstić information content (AvgIpc) is 3.47. The minimum atomic E-state index is -4.21. The van der Waals surface area contributed by atoms with Crippen molar-refractivity contribution in [2.75, 3.05) is 17.4 Å². The van der Waals surface area contributed by atoms with Crippen LogP contribution < -0.4 is 9.62 Å². The van der Waals surface area contributed by atoms with Crippen molar-refractivity contribution in [1.29, 1.82) is 0 Å². The Morgan fingerprint density at radius 2 is 1.57 bits per heavy atom. The second kappa shape index (κ2) is 13.5. The third kappa shape index (κ3) is 7.36. The molecule has 1 N–H and O–H groups in total. The molecule has 0 aliphatic heterocycles. The standard InChI is InChI=1S/C30H33Cl2N3O4S/c1-22(30(37)33-25-12-8-9-13-25)34(19-18-23-10-4-2-5-11-23)29(36)21-35(28-20-24(31)16-17-27(28)32)40(38,39)26-14-6-3-7-15-26/h2-7,10-11,14-17,20,22,25H,8-9,12-13,18-19,21H2,1H3,(H,33,37). The van der Waals surface area contributed by atoms with Gasteiger partial charge < -0.3 is 10.2 Å². The number of benzene rings is 3. The molecule has 0 radical (unpaired) electrons. The van der Waals surface area contributed by atoms with Crippen molar-refractivity contribution in [2.45, 2.75) is 56.0 Å². The monoisotopic (exact) mass is 601 g/mol. The molecule has 4 rings (SSSR count). The molecule has 1 unspecified atom stereocenters. The van der Waals surface area contributed by atoms with Crippen LogP contribution in [-0.2, 0) is 26.0 Å². The smallest absolute Gasteiger partial charge is 0.264 e. The molecule has 1 atom stereocenters. The van der Waals surface area contributed by atoms with Crippen LogP contribution in [0.25, 0.3) is 0 Å². The predicted molar refractivity (Wildman–Crippen MR) is 159 cm³/mol. The lowest BCUT2D eigenvalue weighted by molar-refractivity contribution is -0.139. The van der Waals surface area contributed by atoms with Gasteiger partial charge in [0.15, 0.2) is 0 Å². The molecular formula is C30H33Cl2N3O4S. The van der Waals surface area contributed by atoms with Gasteiger partial charge in [0, 0.05) is 17.6 Å². The maximum atomic E-state index is 14.0. The summed E-state index contributed by atoms with van der Waals surface area (Å²) < 4.78 is 28.7. The molecule has 40 heavy (non-hydrogen) atoms. The zero-order valence-electron chi connectivity index (χ0n) is 22.3. The quantitative estimate of drug-likeness (QED) is 0.305. The van der Waals surface area contributed by atoms with E-state index < -0.39 is 28.5 Å². The highest BCUT2D eigenvalue weighted by molar-refractivity contribution is 7.92. The fraction of sp³-hybridized carbons (Fsp3) is 0.333. The summed E-state index contributed by atoms with van der Waals surface area (Å²) in [6.07, 6.45) is 4.43. The zero-order valence-corrected chi connectivity index (χ0v) is 24.6. The highest BCUT2D eigenvalue weighted by atomic mass is 35.5. The van der Waals surface area contributed by atoms with Gasteiger partial charge in [0.05, 0.1) is 15.6 Å². The van der Waals surface area contributed by atoms with Crippen LogP contribution >= 0.6 is 23.2 Å². The number of sulfonamides is 1. The van der Waals surface area contributed by atoms with Gasteiger partial charge in [-0.1, -0.05) is 84.6 Å². The minimum absolute atomic E-state index is 0.00158. The van der Waals surface area contributed by atoms with Crippen LogP contribution in [0.4, 0.5) is 5.69 Å². The molecule has 1 aliphatic carbocycles. The molecule has 1 fully saturated rings. The summed E-state index contributed by atoms with van der Waals surface area (Å²) in [5, 5.41) is 3.46. The summed E-state index contributed by atoms with van der Waals surface area (Å²) in [5.41, 5.74) is 1.08. The van der Waals surface area contributed by atoms with Gasteiger partial charge in [-0.05, 0) is 62.1 Å². The van der Waals surface area contributed by atoms with Crippen LogP contribution in [-0.4, -0.2) is 50.3 Å². The highest BCUT2D eigenvalue weighted by Crippen LogP contribution is 2.33. The molecule has 10 heteroatoms. The number of halogens is 2. The van der Waals surface area contributed by atoms with Crippen molar-refractivity contribution in [1.82, 2.24) is 10.2 Å². The number of carbonyl (C=O) groups is 2. The van der Waals surface area contributed by atoms with Crippen molar-refractivity contribution < 1.29 is 18.0 Å². The van der Waals surface area contributed by atoms with Crippen molar-refractivity contribution in [3.8, 4) is 0 Å². The molecule has 1 saturated carbocycles. The lowest BCUT2D eigenvalue weighted by atomic mass is 10.1. The van der Waals surface area contributed by atoms with E-state index in [9.17, 15) is 18.0 Å². The summed E-state index contributed by atoms with van der Waals surface area (Å²) in [5.74, 6) is -0.785. The van der Waals surface area contributed by atoms with E-state index in [1.807, 2.05) is 30.3 Å². The zero-order chi connectivity index (χ0) is 28.7. The minimum Gasteiger partial charge on any atom is -0.352 e. The topological polar surface area (TPSA) is 86.8 Å². The Balaban J connectivity index is 1.66. The van der Waals surface area contributed by atoms with Crippen LogP contribution in [0.5, 0.6) is 0 Å². The Morgan fingerprint density at radius 3 is 2.23 bits per heavy atom. The summed E-state index contributed by atoms with van der Waals surface area (Å²) in [6, 6.07) is 21.2. The van der Waals surface area contributed by atoms with E-state index in [2.05, 4.69) is 5.32 Å². The van der Waals surface area contributed by atoms with Gasteiger partial charge in [0.1, 0.15) is 12.6 Å². The van der Waals surface area contributed by atoms with E-state index in [1.165, 1.54) is 29.2 Å². The first-order valence-corrected chi connectivity index (χ1v) is 15.5. The molecule has 0 aromatic heterocycles. The number of rotatable bonds is 11. The Bertz CT molecular complexity index is 1420. The Hall–Kier alpha value is -3.07. The van der Waals surface area contributed by atoms with Crippen molar-refractivity contribution in [3.63, 3.8) is 0 Å². The first-order chi connectivity index (χ1) is 19.2. The maximum Gasteiger partial charge on any atom is 0.264 e. The van der Waals surface area contributed by atoms with E-state index in [0.29, 0.717) is 6.42 Å². The van der Waals surface area contributed by atoms with Crippen molar-refractivity contribution in [3.05, 3.63) is 94.5 Å². The molecular weight excluding hydrogens is 569 g/mol. The predicted octanol–water partition coefficient (Wildman–Crippen LogP) is 5.71. The molecule has 0 saturated heterocycles. The molecule has 3 aromatic rings. The molecule has 0 bridgehead atoms. The summed E-state index contributed by atoms with van der Waals surface area (Å²) in [4.78, 5) is 28.7. The molecule has 0 spiro atoms. The van der Waals surface area contributed by atoms with Crippen LogP contribution in [0.1, 0.15) is 38.2 Å². The lowest BCUT2D eigenvalue weighted by Crippen LogP contribution is -2.53. The number of amides is 2. The van der Waals surface area contributed by atoms with Crippen LogP contribution in [0.15, 0.2) is 83.8 Å². The number of anilines is 1. The second-order valence-electron chi connectivity index (χ2n) is 9.91. The van der Waals surface area contributed by atoms with Crippen molar-refractivity contribution >= 4 is 50.7 Å². The number of nitrogens with zero attached hydrogens (tertiary/aromatic N) is 2. The van der Waals surface area contributed by atoms with E-state index in [4.69, 9.17) is 23.2 Å². The first-order valence-electron chi connectivity index (χ1n) is 13.3. The van der Waals surface area contributed by atoms with Crippen LogP contribution in [0.2, 0.25) is 10.0 Å². The van der Waals surface area contributed by atoms with Gasteiger partial charge in [0.2, 0.25) is 11.8 Å². The van der Waals surface area contributed by atoms with E-state index in [-0.39, 0.29) is 39.1 Å². The van der Waals surface area contributed by atoms with Gasteiger partial charge in [0.25, 0.3) is 10.0 Å². The lowest BCUT2D eigenvalue weighted by Gasteiger charge is -2.32. The highest BCUT2D eigenvalue weighted by Gasteiger charge is 2.34. The maximum absolute atomic E-state index is 14.0. The van der Waals surface area contributed by atoms with Crippen LogP contribution in [0, 0.1) is 0 Å². The Morgan fingerprint density at radius 1 is 0.950 bits per heavy atom. The van der Waals surface area contributed by atoms with Crippen LogP contribution in [0.3, 0.4) is 0 Å². The normalized spacial score (nSPS) is 14.5. The van der Waals surface area contributed by atoms with E-state index in [0.717, 1.165) is 35.6 Å². The SMILES string of the molecule is CC(C(=O)NC1CCCC1)N(CCc1ccccc1)C(=O)CN(c1cc(Cl)ccc1Cl)S(=O)(=O)c1ccccc1. The number of carbonyl (C=O) groups excluding carboxylic acids is 2. The number of hydrogen-bond acceptors (Lipinski definition) is 4. The molecule has 3 aromatic carbocycles. The fourth-order valence-electron chi connectivity index (χ4n) is 4.87. The third-order valence-corrected chi connectivity index (χ3v) is 9.47. The third-order valence-electron chi connectivity index (χ3n) is 7.14. The molecule has 0 heterocycles. The Labute approximate surface area is 246 Å². The summed E-state index contributed by atoms with van der Waals surface area (Å²) in [6.45, 7) is 1.34. The molecule has 2 amide bonds. The van der Waals surface area contributed by atoms with Gasteiger partial charge in [-0.2, -0.15) is 0 Å². The average molecular weight is 603 g/mol. The number of nitrogens with one attached hydrogen (secondary N) is 1. The Kier molecular flexibility index (Phi) is 10.1. The molecule has 1 aliphatic rings. The van der Waals surface area contributed by atoms with Gasteiger partial charge in [-0.15, -0.1) is 0 Å². The number of hydrogen-bond donors (Lipinski definition) is 1. The van der Waals surface area contributed by atoms with E-state index in [1.54, 1.807) is 31.2 Å². The fourth-order valence-corrected chi connectivity index (χ4v) is 6.75. The second-order valence-corrected chi connectivity index (χ2v) is 12.6. The molecule has 7 nitrogen and oxygen atoms in total. The van der Waals surface area contributed by atoms with Gasteiger partial charge >= 0.3 is 0 Å². The molecule has 212 valence electrons. The van der Waals surface area contributed by atoms with E-state index >= 15 is 0 Å². The first kappa shape index (κ1) is 29.9. The van der Waals surface area contributed by atoms with Crippen molar-refractivity contribution in [2.24, 2.45) is 0 Å².